The van der Waals surface area contributed by atoms with E-state index in [1.165, 1.54) is 0 Å². The molecule has 10 nitrogen and oxygen atoms in total. The fraction of sp³-hybridized carbons (Fsp3) is 0.667. The van der Waals surface area contributed by atoms with Crippen molar-refractivity contribution in [2.24, 2.45) is 5.92 Å². The Morgan fingerprint density at radius 3 is 2.10 bits per heavy atom. The molecule has 3 aliphatic rings. The molecule has 0 aromatic carbocycles. The lowest BCUT2D eigenvalue weighted by Crippen LogP contribution is -2.49. The van der Waals surface area contributed by atoms with Crippen molar-refractivity contribution < 1.29 is 60.4 Å². The van der Waals surface area contributed by atoms with Crippen molar-refractivity contribution in [2.75, 3.05) is 33.4 Å². The zero-order valence-corrected chi connectivity index (χ0v) is 21.5. The molecule has 0 unspecified atom stereocenters. The monoisotopic (exact) mass is 587 g/mol. The number of alkyl halides is 6. The number of carboxylic acid groups (broad SMARTS) is 2. The van der Waals surface area contributed by atoms with Crippen LogP contribution in [0.2, 0.25) is 0 Å². The molecule has 1 aromatic rings. The second-order valence-electron chi connectivity index (χ2n) is 9.41. The molecule has 226 valence electrons. The van der Waals surface area contributed by atoms with E-state index >= 15 is 0 Å². The fourth-order valence-corrected chi connectivity index (χ4v) is 4.55. The number of hydrogen-bond acceptors (Lipinski definition) is 7. The molecule has 1 amide bonds. The molecule has 3 atom stereocenters. The summed E-state index contributed by atoms with van der Waals surface area (Å²) in [5.74, 6) is -4.91. The first-order valence-electron chi connectivity index (χ1n) is 12.3. The minimum atomic E-state index is -5.08. The van der Waals surface area contributed by atoms with Crippen LogP contribution in [-0.2, 0) is 30.4 Å². The standard InChI is InChI=1S/C20H29N3O3.2C2HF3O2/c1-22(13-16-4-2-3-8-21-16)20(24)18-12-15-5-9-23(14-19(15)26-18)17-6-10-25-11-7-17;2*3-2(4,5)1(6)7/h2-4,8,15,17-19H,5-7,9-14H2,1H3;2*(H,6,7)/t15-,18+,19-;;/m0../s1. The molecule has 4 rings (SSSR count). The summed E-state index contributed by atoms with van der Waals surface area (Å²) in [6.07, 6.45) is -4.27. The minimum Gasteiger partial charge on any atom is -0.475 e. The SMILES string of the molecule is CN(Cc1ccccn1)C(=O)[C@H]1C[C@@H]2CCN(C3CCOCC3)C[C@@H]2O1.O=C(O)C(F)(F)F.O=C(O)C(F)(F)F. The number of piperidine rings is 1. The van der Waals surface area contributed by atoms with E-state index in [9.17, 15) is 31.1 Å². The molecule has 3 fully saturated rings. The summed E-state index contributed by atoms with van der Waals surface area (Å²) < 4.78 is 75.2. The number of rotatable bonds is 4. The summed E-state index contributed by atoms with van der Waals surface area (Å²) in [7, 11) is 1.84. The van der Waals surface area contributed by atoms with Gasteiger partial charge in [-0.1, -0.05) is 6.07 Å². The van der Waals surface area contributed by atoms with Gasteiger partial charge in [0.25, 0.3) is 5.91 Å². The number of carboxylic acids is 2. The highest BCUT2D eigenvalue weighted by atomic mass is 19.4. The summed E-state index contributed by atoms with van der Waals surface area (Å²) in [6.45, 7) is 4.36. The molecule has 0 bridgehead atoms. The van der Waals surface area contributed by atoms with Gasteiger partial charge in [0, 0.05) is 39.0 Å². The molecule has 16 heteroatoms. The molecule has 0 spiro atoms. The number of hydrogen-bond donors (Lipinski definition) is 2. The average Bonchev–Trinajstić information content (AvgIpc) is 3.32. The zero-order chi connectivity index (χ0) is 30.1. The summed E-state index contributed by atoms with van der Waals surface area (Å²) in [5.41, 5.74) is 0.907. The van der Waals surface area contributed by atoms with Gasteiger partial charge in [-0.2, -0.15) is 26.3 Å². The molecule has 0 saturated carbocycles. The van der Waals surface area contributed by atoms with Crippen molar-refractivity contribution in [2.45, 2.75) is 62.8 Å². The van der Waals surface area contributed by atoms with E-state index in [2.05, 4.69) is 9.88 Å². The van der Waals surface area contributed by atoms with Gasteiger partial charge < -0.3 is 24.6 Å². The van der Waals surface area contributed by atoms with Gasteiger partial charge in [-0.25, -0.2) is 9.59 Å². The number of carbonyl (C=O) groups is 3. The van der Waals surface area contributed by atoms with Crippen LogP contribution in [0.15, 0.2) is 24.4 Å². The normalized spacial score (nSPS) is 23.5. The smallest absolute Gasteiger partial charge is 0.475 e. The number of halogens is 6. The summed E-state index contributed by atoms with van der Waals surface area (Å²) in [5, 5.41) is 14.2. The second-order valence-corrected chi connectivity index (χ2v) is 9.41. The third-order valence-electron chi connectivity index (χ3n) is 6.55. The first kappa shape index (κ1) is 33.2. The van der Waals surface area contributed by atoms with E-state index in [0.717, 1.165) is 57.7 Å². The van der Waals surface area contributed by atoms with Crippen LogP contribution in [-0.4, -0.2) is 107 Å². The lowest BCUT2D eigenvalue weighted by atomic mass is 9.90. The molecule has 3 saturated heterocycles. The molecule has 2 N–H and O–H groups in total. The van der Waals surface area contributed by atoms with Gasteiger partial charge in [0.15, 0.2) is 0 Å². The van der Waals surface area contributed by atoms with Crippen LogP contribution >= 0.6 is 0 Å². The zero-order valence-electron chi connectivity index (χ0n) is 21.5. The molecule has 1 aromatic heterocycles. The quantitative estimate of drug-likeness (QED) is 0.511. The van der Waals surface area contributed by atoms with Crippen LogP contribution in [0.1, 0.15) is 31.4 Å². The summed E-state index contributed by atoms with van der Waals surface area (Å²) in [6, 6.07) is 6.41. The number of nitrogens with zero attached hydrogens (tertiary/aromatic N) is 3. The number of aliphatic carboxylic acids is 2. The van der Waals surface area contributed by atoms with Crippen LogP contribution in [0.3, 0.4) is 0 Å². The topological polar surface area (TPSA) is 130 Å². The largest absolute Gasteiger partial charge is 0.490 e. The highest BCUT2D eigenvalue weighted by Gasteiger charge is 2.44. The number of carbonyl (C=O) groups excluding carboxylic acids is 1. The van der Waals surface area contributed by atoms with Gasteiger partial charge in [0.2, 0.25) is 0 Å². The highest BCUT2D eigenvalue weighted by molar-refractivity contribution is 5.81. The van der Waals surface area contributed by atoms with Crippen LogP contribution in [0.4, 0.5) is 26.3 Å². The Kier molecular flexibility index (Phi) is 12.1. The number of pyridine rings is 1. The van der Waals surface area contributed by atoms with E-state index < -0.39 is 24.3 Å². The van der Waals surface area contributed by atoms with E-state index in [1.54, 1.807) is 11.1 Å². The van der Waals surface area contributed by atoms with Gasteiger partial charge >= 0.3 is 24.3 Å². The molecular weight excluding hydrogens is 556 g/mol. The first-order chi connectivity index (χ1) is 18.6. The Balaban J connectivity index is 0.000000333. The first-order valence-corrected chi connectivity index (χ1v) is 12.3. The van der Waals surface area contributed by atoms with E-state index in [-0.39, 0.29) is 18.1 Å². The van der Waals surface area contributed by atoms with Crippen LogP contribution in [0.5, 0.6) is 0 Å². The van der Waals surface area contributed by atoms with Gasteiger partial charge in [-0.05, 0) is 50.3 Å². The summed E-state index contributed by atoms with van der Waals surface area (Å²) in [4.78, 5) is 39.2. The fourth-order valence-electron chi connectivity index (χ4n) is 4.55. The van der Waals surface area contributed by atoms with Crippen molar-refractivity contribution in [1.29, 1.82) is 0 Å². The predicted molar refractivity (Wildman–Crippen MR) is 125 cm³/mol. The molecule has 4 heterocycles. The number of ether oxygens (including phenoxy) is 2. The third-order valence-corrected chi connectivity index (χ3v) is 6.55. The lowest BCUT2D eigenvalue weighted by Gasteiger charge is -2.40. The number of amides is 1. The van der Waals surface area contributed by atoms with Crippen LogP contribution in [0.25, 0.3) is 0 Å². The Hall–Kier alpha value is -2.98. The Morgan fingerprint density at radius 1 is 1.02 bits per heavy atom. The average molecular weight is 588 g/mol. The number of aromatic nitrogens is 1. The molecule has 0 aliphatic carbocycles. The van der Waals surface area contributed by atoms with E-state index in [0.29, 0.717) is 18.5 Å². The van der Waals surface area contributed by atoms with E-state index in [4.69, 9.17) is 29.3 Å². The second kappa shape index (κ2) is 14.6. The van der Waals surface area contributed by atoms with Crippen molar-refractivity contribution in [3.63, 3.8) is 0 Å². The van der Waals surface area contributed by atoms with Gasteiger partial charge in [-0.15, -0.1) is 0 Å². The maximum Gasteiger partial charge on any atom is 0.490 e. The van der Waals surface area contributed by atoms with Gasteiger partial charge in [-0.3, -0.25) is 14.7 Å². The number of likely N-dealkylation sites (N-methyl/N-ethyl adjacent to an activating group) is 1. The molecule has 0 radical (unpaired) electrons. The highest BCUT2D eigenvalue weighted by Crippen LogP contribution is 2.35. The molecule has 40 heavy (non-hydrogen) atoms. The van der Waals surface area contributed by atoms with Crippen molar-refractivity contribution in [3.8, 4) is 0 Å². The molecular formula is C24H31F6N3O7. The number of fused-ring (bicyclic) bond motifs is 1. The van der Waals surface area contributed by atoms with Crippen molar-refractivity contribution >= 4 is 17.8 Å². The Labute approximate surface area is 225 Å². The van der Waals surface area contributed by atoms with Crippen LogP contribution in [0, 0.1) is 5.92 Å². The third kappa shape index (κ3) is 10.5. The maximum absolute atomic E-state index is 12.8. The van der Waals surface area contributed by atoms with Crippen LogP contribution < -0.4 is 0 Å². The number of likely N-dealkylation sites (tertiary alicyclic amines) is 1. The van der Waals surface area contributed by atoms with Gasteiger partial charge in [0.05, 0.1) is 18.3 Å². The van der Waals surface area contributed by atoms with Crippen molar-refractivity contribution in [1.82, 2.24) is 14.8 Å². The van der Waals surface area contributed by atoms with E-state index in [1.807, 2.05) is 25.2 Å². The van der Waals surface area contributed by atoms with Crippen molar-refractivity contribution in [3.05, 3.63) is 30.1 Å². The lowest BCUT2D eigenvalue weighted by molar-refractivity contribution is -0.193. The predicted octanol–water partition coefficient (Wildman–Crippen LogP) is 2.96. The minimum absolute atomic E-state index is 0.0858. The Bertz CT molecular complexity index is 950. The summed E-state index contributed by atoms with van der Waals surface area (Å²) >= 11 is 0. The Morgan fingerprint density at radius 2 is 1.60 bits per heavy atom. The maximum atomic E-state index is 12.8. The molecule has 3 aliphatic heterocycles. The van der Waals surface area contributed by atoms with Gasteiger partial charge in [0.1, 0.15) is 6.10 Å².